The van der Waals surface area contributed by atoms with E-state index >= 15 is 0 Å². The van der Waals surface area contributed by atoms with E-state index in [1.54, 1.807) is 0 Å². The topological polar surface area (TPSA) is 312 Å². The van der Waals surface area contributed by atoms with Gasteiger partial charge < -0.3 is 55.6 Å². The number of hydrogen-bond donors (Lipinski definition) is 9. The second-order valence-corrected chi connectivity index (χ2v) is 12.1. The molecular weight excluding hydrogens is 607 g/mol. The van der Waals surface area contributed by atoms with Crippen molar-refractivity contribution in [2.24, 2.45) is 0 Å². The van der Waals surface area contributed by atoms with Crippen LogP contribution in [0.25, 0.3) is 11.2 Å². The predicted molar refractivity (Wildman–Crippen MR) is 127 cm³/mol. The molecule has 2 aliphatic heterocycles. The number of aromatic nitrogens is 4. The van der Waals surface area contributed by atoms with Gasteiger partial charge in [0.25, 0.3) is 0 Å². The van der Waals surface area contributed by atoms with Crippen molar-refractivity contribution in [1.82, 2.24) is 19.5 Å². The van der Waals surface area contributed by atoms with Gasteiger partial charge in [-0.1, -0.05) is 0 Å². The number of hydrogen-bond acceptors (Lipinski definition) is 17. The standard InChI is InChI=1S/C18H28FN5O15P2/c19-6-1-7(26)17(24-5-23-10-15(20)21-4-22-16(10)24)36-9(6)3-35-40(31,32)39-41(33,34)38-18-13(30)11(28)12(29)14(37-18)8(27)2-25/h4-9,11-14,17-18,25-30H,1-3H2,(H,31,32)(H,33,34)(H2,20,21,22)/t6?,7-,8+,9+,11?,12-,13?,14?,17+,18-/m0/s1. The van der Waals surface area contributed by atoms with Crippen LogP contribution in [-0.2, 0) is 32.0 Å². The van der Waals surface area contributed by atoms with E-state index in [-0.39, 0.29) is 17.0 Å². The van der Waals surface area contributed by atoms with Crippen molar-refractivity contribution in [3.63, 3.8) is 0 Å². The van der Waals surface area contributed by atoms with E-state index in [4.69, 9.17) is 20.3 Å². The van der Waals surface area contributed by atoms with Gasteiger partial charge in [0.2, 0.25) is 0 Å². The molecule has 4 heterocycles. The fraction of sp³-hybridized carbons (Fsp3) is 0.722. The second kappa shape index (κ2) is 12.4. The number of nitrogens with two attached hydrogens (primary N) is 1. The van der Waals surface area contributed by atoms with Crippen LogP contribution >= 0.6 is 15.6 Å². The normalized spacial score (nSPS) is 36.5. The highest BCUT2D eigenvalue weighted by molar-refractivity contribution is 7.61. The van der Waals surface area contributed by atoms with E-state index in [9.17, 15) is 48.8 Å². The van der Waals surface area contributed by atoms with E-state index in [2.05, 4.69) is 28.3 Å². The molecule has 6 unspecified atom stereocenters. The Kier molecular flexibility index (Phi) is 9.76. The van der Waals surface area contributed by atoms with Crippen LogP contribution < -0.4 is 5.73 Å². The summed E-state index contributed by atoms with van der Waals surface area (Å²) in [6.07, 6.45) is -16.8. The summed E-state index contributed by atoms with van der Waals surface area (Å²) in [6, 6.07) is 0. The second-order valence-electron chi connectivity index (χ2n) is 9.08. The molecule has 2 fully saturated rings. The average molecular weight is 635 g/mol. The van der Waals surface area contributed by atoms with Gasteiger partial charge >= 0.3 is 15.6 Å². The molecule has 10 N–H and O–H groups in total. The number of aliphatic hydroxyl groups is 6. The zero-order valence-corrected chi connectivity index (χ0v) is 22.4. The van der Waals surface area contributed by atoms with Crippen molar-refractivity contribution in [3.8, 4) is 0 Å². The number of fused-ring (bicyclic) bond motifs is 1. The molecular formula is C18H28FN5O15P2. The highest BCUT2D eigenvalue weighted by Gasteiger charge is 2.50. The molecule has 0 amide bonds. The minimum absolute atomic E-state index is 0.0215. The van der Waals surface area contributed by atoms with Crippen LogP contribution in [0.15, 0.2) is 12.7 Å². The van der Waals surface area contributed by atoms with Crippen molar-refractivity contribution in [3.05, 3.63) is 12.7 Å². The molecule has 0 radical (unpaired) electrons. The van der Waals surface area contributed by atoms with Crippen molar-refractivity contribution in [2.75, 3.05) is 18.9 Å². The Bertz CT molecular complexity index is 1310. The lowest BCUT2D eigenvalue weighted by atomic mass is 9.96. The van der Waals surface area contributed by atoms with Crippen molar-refractivity contribution < 1.29 is 76.8 Å². The SMILES string of the molecule is Nc1ncnc2c1ncn2[C@@H]1O[C@H](COP(=O)(O)OP(=O)(O)O[C@@H]2OC([C@H](O)CO)[C@@H](O)C(O)C2O)C(F)C[C@@H]1O. The van der Waals surface area contributed by atoms with Crippen LogP contribution in [0, 0.1) is 0 Å². The molecule has 0 spiro atoms. The number of nitrogens with zero attached hydrogens (tertiary/aromatic N) is 4. The average Bonchev–Trinajstić information content (AvgIpc) is 3.32. The van der Waals surface area contributed by atoms with Gasteiger partial charge in [0.15, 0.2) is 24.0 Å². The van der Waals surface area contributed by atoms with Crippen LogP contribution in [0.5, 0.6) is 0 Å². The van der Waals surface area contributed by atoms with Gasteiger partial charge in [-0.15, -0.1) is 0 Å². The maximum Gasteiger partial charge on any atom is 0.483 e. The number of nitrogen functional groups attached to an aromatic ring is 1. The van der Waals surface area contributed by atoms with Gasteiger partial charge in [0, 0.05) is 6.42 Å². The quantitative estimate of drug-likeness (QED) is 0.116. The molecule has 12 atom stereocenters. The van der Waals surface area contributed by atoms with E-state index in [0.29, 0.717) is 0 Å². The maximum atomic E-state index is 14.7. The number of halogens is 1. The molecule has 2 aromatic rings. The maximum absolute atomic E-state index is 14.7. The monoisotopic (exact) mass is 635 g/mol. The van der Waals surface area contributed by atoms with E-state index in [0.717, 1.165) is 6.33 Å². The number of rotatable bonds is 10. The van der Waals surface area contributed by atoms with Crippen LogP contribution in [0.1, 0.15) is 12.6 Å². The molecule has 0 aromatic carbocycles. The van der Waals surface area contributed by atoms with Gasteiger partial charge in [0.05, 0.1) is 19.5 Å². The molecule has 2 saturated heterocycles. The van der Waals surface area contributed by atoms with E-state index in [1.165, 1.54) is 10.9 Å². The van der Waals surface area contributed by atoms with Gasteiger partial charge in [-0.25, -0.2) is 28.5 Å². The molecule has 41 heavy (non-hydrogen) atoms. The summed E-state index contributed by atoms with van der Waals surface area (Å²) in [4.78, 5) is 31.7. The minimum atomic E-state index is -5.68. The first-order valence-corrected chi connectivity index (χ1v) is 14.7. The third-order valence-corrected chi connectivity index (χ3v) is 8.79. The molecule has 2 aromatic heterocycles. The number of aliphatic hydroxyl groups excluding tert-OH is 6. The molecule has 20 nitrogen and oxygen atoms in total. The van der Waals surface area contributed by atoms with Crippen LogP contribution in [-0.4, -0.2) is 128 Å². The summed E-state index contributed by atoms with van der Waals surface area (Å²) in [5.74, 6) is 0.0215. The van der Waals surface area contributed by atoms with Crippen molar-refractivity contribution in [2.45, 2.75) is 67.8 Å². The first-order chi connectivity index (χ1) is 19.1. The third-order valence-electron chi connectivity index (χ3n) is 6.19. The Hall–Kier alpha value is -1.78. The van der Waals surface area contributed by atoms with Crippen molar-refractivity contribution >= 4 is 32.6 Å². The number of alkyl halides is 1. The molecule has 4 rings (SSSR count). The van der Waals surface area contributed by atoms with E-state index in [1.807, 2.05) is 0 Å². The fourth-order valence-electron chi connectivity index (χ4n) is 4.16. The Labute approximate surface area is 228 Å². The molecule has 0 aliphatic carbocycles. The summed E-state index contributed by atoms with van der Waals surface area (Å²) in [6.45, 7) is -2.03. The molecule has 2 aliphatic rings. The van der Waals surface area contributed by atoms with Crippen LogP contribution in [0.2, 0.25) is 0 Å². The number of imidazole rings is 1. The molecule has 0 bridgehead atoms. The number of anilines is 1. The fourth-order valence-corrected chi connectivity index (χ4v) is 6.32. The smallest absolute Gasteiger partial charge is 0.394 e. The summed E-state index contributed by atoms with van der Waals surface area (Å²) in [7, 11) is -11.2. The predicted octanol–water partition coefficient (Wildman–Crippen LogP) is -3.19. The largest absolute Gasteiger partial charge is 0.483 e. The molecule has 23 heteroatoms. The summed E-state index contributed by atoms with van der Waals surface area (Å²) in [5, 5.41) is 58.9. The first kappa shape index (κ1) is 32.1. The Morgan fingerprint density at radius 3 is 2.49 bits per heavy atom. The summed E-state index contributed by atoms with van der Waals surface area (Å²) >= 11 is 0. The lowest BCUT2D eigenvalue weighted by Gasteiger charge is -2.41. The molecule has 0 saturated carbocycles. The van der Waals surface area contributed by atoms with Gasteiger partial charge in [-0.05, 0) is 0 Å². The summed E-state index contributed by atoms with van der Waals surface area (Å²) in [5.41, 5.74) is 6.03. The van der Waals surface area contributed by atoms with Crippen molar-refractivity contribution in [1.29, 1.82) is 0 Å². The number of phosphoric ester groups is 2. The Balaban J connectivity index is 1.40. The highest BCUT2D eigenvalue weighted by Crippen LogP contribution is 2.61. The minimum Gasteiger partial charge on any atom is -0.394 e. The zero-order chi connectivity index (χ0) is 30.3. The summed E-state index contributed by atoms with van der Waals surface area (Å²) < 4.78 is 64.3. The van der Waals surface area contributed by atoms with E-state index < -0.39 is 96.7 Å². The number of phosphoric acid groups is 2. The van der Waals surface area contributed by atoms with Gasteiger partial charge in [-0.3, -0.25) is 13.6 Å². The Morgan fingerprint density at radius 1 is 1.10 bits per heavy atom. The highest BCUT2D eigenvalue weighted by atomic mass is 31.3. The zero-order valence-electron chi connectivity index (χ0n) is 20.6. The lowest BCUT2D eigenvalue weighted by Crippen LogP contribution is -2.61. The number of ether oxygens (including phenoxy) is 2. The Morgan fingerprint density at radius 2 is 1.80 bits per heavy atom. The molecule has 232 valence electrons. The lowest BCUT2D eigenvalue weighted by molar-refractivity contribution is -0.292. The van der Waals surface area contributed by atoms with Crippen LogP contribution in [0.3, 0.4) is 0 Å². The van der Waals surface area contributed by atoms with Gasteiger partial charge in [0.1, 0.15) is 60.7 Å². The first-order valence-electron chi connectivity index (χ1n) is 11.7. The van der Waals surface area contributed by atoms with Gasteiger partial charge in [-0.2, -0.15) is 4.31 Å². The van der Waals surface area contributed by atoms with Crippen LogP contribution in [0.4, 0.5) is 10.2 Å². The third kappa shape index (κ3) is 7.07.